The van der Waals surface area contributed by atoms with Crippen molar-refractivity contribution >= 4 is 10.8 Å². The summed E-state index contributed by atoms with van der Waals surface area (Å²) in [6.45, 7) is 2.03. The molecular formula is C11H19N3OS. The molecule has 2 heterocycles. The van der Waals surface area contributed by atoms with E-state index >= 15 is 0 Å². The molecule has 90 valence electrons. The molecule has 5 heteroatoms. The van der Waals surface area contributed by atoms with Crippen LogP contribution in [0.4, 0.5) is 0 Å². The quantitative estimate of drug-likeness (QED) is 0.839. The third-order valence-electron chi connectivity index (χ3n) is 2.99. The molecule has 2 unspecified atom stereocenters. The highest BCUT2D eigenvalue weighted by atomic mass is 32.2. The monoisotopic (exact) mass is 241 g/mol. The average molecular weight is 241 g/mol. The molecule has 1 aliphatic rings. The van der Waals surface area contributed by atoms with Crippen LogP contribution < -0.4 is 5.32 Å². The maximum atomic E-state index is 11.0. The Hall–Kier alpha value is -0.680. The van der Waals surface area contributed by atoms with Crippen molar-refractivity contribution in [2.75, 3.05) is 18.6 Å². The minimum Gasteiger partial charge on any atom is -0.333 e. The number of nitrogens with zero attached hydrogens (tertiary/aromatic N) is 2. The van der Waals surface area contributed by atoms with E-state index in [0.29, 0.717) is 6.04 Å². The molecule has 1 aliphatic heterocycles. The summed E-state index contributed by atoms with van der Waals surface area (Å²) in [5.41, 5.74) is 1.28. The van der Waals surface area contributed by atoms with Crippen LogP contribution in [-0.2, 0) is 17.3 Å². The van der Waals surface area contributed by atoms with Crippen molar-refractivity contribution in [3.05, 3.63) is 18.2 Å². The third-order valence-corrected chi connectivity index (χ3v) is 3.86. The van der Waals surface area contributed by atoms with Gasteiger partial charge in [-0.1, -0.05) is 0 Å². The smallest absolute Gasteiger partial charge is 0.0948 e. The number of nitrogens with one attached hydrogen (secondary N) is 1. The van der Waals surface area contributed by atoms with Gasteiger partial charge in [-0.2, -0.15) is 0 Å². The van der Waals surface area contributed by atoms with E-state index in [1.807, 2.05) is 12.5 Å². The second kappa shape index (κ2) is 5.59. The van der Waals surface area contributed by atoms with Crippen molar-refractivity contribution in [3.63, 3.8) is 0 Å². The highest BCUT2D eigenvalue weighted by Crippen LogP contribution is 2.22. The van der Waals surface area contributed by atoms with Crippen LogP contribution >= 0.6 is 0 Å². The van der Waals surface area contributed by atoms with Crippen molar-refractivity contribution in [2.45, 2.75) is 31.8 Å². The summed E-state index contributed by atoms with van der Waals surface area (Å²) in [5, 5.41) is 3.48. The summed E-state index contributed by atoms with van der Waals surface area (Å²) in [5.74, 6) is 0.774. The van der Waals surface area contributed by atoms with Crippen molar-refractivity contribution in [3.8, 4) is 0 Å². The Kier molecular flexibility index (Phi) is 4.12. The predicted octanol–water partition coefficient (Wildman–Crippen LogP) is 1.08. The Balaban J connectivity index is 1.93. The van der Waals surface area contributed by atoms with Gasteiger partial charge in [-0.15, -0.1) is 0 Å². The van der Waals surface area contributed by atoms with E-state index in [2.05, 4.69) is 14.9 Å². The molecule has 0 spiro atoms. The van der Waals surface area contributed by atoms with E-state index in [4.69, 9.17) is 0 Å². The molecule has 2 atom stereocenters. The molecule has 16 heavy (non-hydrogen) atoms. The van der Waals surface area contributed by atoms with E-state index in [-0.39, 0.29) is 0 Å². The average Bonchev–Trinajstić information content (AvgIpc) is 2.84. The largest absolute Gasteiger partial charge is 0.333 e. The maximum absolute atomic E-state index is 11.0. The Bertz CT molecular complexity index is 358. The zero-order valence-electron chi connectivity index (χ0n) is 9.69. The molecule has 1 N–H and O–H groups in total. The zero-order chi connectivity index (χ0) is 11.4. The second-order valence-corrected chi connectivity index (χ2v) is 5.85. The molecule has 4 nitrogen and oxygen atoms in total. The van der Waals surface area contributed by atoms with E-state index < -0.39 is 10.8 Å². The van der Waals surface area contributed by atoms with Crippen LogP contribution in [0.2, 0.25) is 0 Å². The summed E-state index contributed by atoms with van der Waals surface area (Å²) < 4.78 is 13.2. The van der Waals surface area contributed by atoms with E-state index in [0.717, 1.165) is 25.3 Å². The summed E-state index contributed by atoms with van der Waals surface area (Å²) in [6, 6.07) is 0.467. The fourth-order valence-electron chi connectivity index (χ4n) is 2.18. The highest BCUT2D eigenvalue weighted by molar-refractivity contribution is 7.84. The lowest BCUT2D eigenvalue weighted by Gasteiger charge is -2.13. The van der Waals surface area contributed by atoms with Gasteiger partial charge < -0.3 is 9.88 Å². The predicted molar refractivity (Wildman–Crippen MR) is 65.8 cm³/mol. The van der Waals surface area contributed by atoms with Crippen molar-refractivity contribution in [1.29, 1.82) is 0 Å². The molecule has 0 aromatic carbocycles. The molecule has 0 radical (unpaired) electrons. The minimum absolute atomic E-state index is 0.467. The SMILES string of the molecule is CS(=O)CCCn1cncc1C1CCCN1. The highest BCUT2D eigenvalue weighted by Gasteiger charge is 2.19. The zero-order valence-corrected chi connectivity index (χ0v) is 10.5. The standard InChI is InChI=1S/C11H19N3OS/c1-16(15)7-3-6-14-9-12-8-11(14)10-4-2-5-13-10/h8-10,13H,2-7H2,1H3. The first-order valence-corrected chi connectivity index (χ1v) is 7.53. The van der Waals surface area contributed by atoms with Gasteiger partial charge in [-0.05, 0) is 25.8 Å². The van der Waals surface area contributed by atoms with Gasteiger partial charge in [0.15, 0.2) is 0 Å². The summed E-state index contributed by atoms with van der Waals surface area (Å²) in [4.78, 5) is 4.21. The Labute approximate surface area is 98.9 Å². The lowest BCUT2D eigenvalue weighted by atomic mass is 10.2. The maximum Gasteiger partial charge on any atom is 0.0948 e. The van der Waals surface area contributed by atoms with Crippen LogP contribution in [0.5, 0.6) is 0 Å². The molecule has 1 aromatic heterocycles. The molecule has 1 fully saturated rings. The second-order valence-electron chi connectivity index (χ2n) is 4.29. The molecule has 0 bridgehead atoms. The number of imidazole rings is 1. The van der Waals surface area contributed by atoms with Crippen LogP contribution in [0.25, 0.3) is 0 Å². The summed E-state index contributed by atoms with van der Waals surface area (Å²) in [7, 11) is -0.685. The van der Waals surface area contributed by atoms with Crippen LogP contribution in [-0.4, -0.2) is 32.3 Å². The first-order valence-electron chi connectivity index (χ1n) is 5.81. The number of aromatic nitrogens is 2. The normalized spacial score (nSPS) is 22.4. The Morgan fingerprint density at radius 1 is 1.69 bits per heavy atom. The van der Waals surface area contributed by atoms with Crippen LogP contribution in [0.3, 0.4) is 0 Å². The number of aryl methyl sites for hydroxylation is 1. The van der Waals surface area contributed by atoms with Crippen molar-refractivity contribution < 1.29 is 4.21 Å². The van der Waals surface area contributed by atoms with Gasteiger partial charge in [0.2, 0.25) is 0 Å². The van der Waals surface area contributed by atoms with Crippen LogP contribution in [0.1, 0.15) is 31.0 Å². The van der Waals surface area contributed by atoms with Crippen molar-refractivity contribution in [1.82, 2.24) is 14.9 Å². The van der Waals surface area contributed by atoms with Gasteiger partial charge in [0.05, 0.1) is 12.0 Å². The van der Waals surface area contributed by atoms with Gasteiger partial charge in [0.25, 0.3) is 0 Å². The number of hydrogen-bond donors (Lipinski definition) is 1. The van der Waals surface area contributed by atoms with Gasteiger partial charge in [-0.25, -0.2) is 4.98 Å². The van der Waals surface area contributed by atoms with Crippen LogP contribution in [0.15, 0.2) is 12.5 Å². The Morgan fingerprint density at radius 2 is 2.56 bits per heavy atom. The van der Waals surface area contributed by atoms with Gasteiger partial charge in [0.1, 0.15) is 0 Å². The molecule has 1 saturated heterocycles. The fraction of sp³-hybridized carbons (Fsp3) is 0.727. The van der Waals surface area contributed by atoms with E-state index in [1.165, 1.54) is 18.5 Å². The van der Waals surface area contributed by atoms with Gasteiger partial charge in [0, 0.05) is 41.6 Å². The summed E-state index contributed by atoms with van der Waals surface area (Å²) >= 11 is 0. The molecule has 0 amide bonds. The minimum atomic E-state index is -0.685. The first-order chi connectivity index (χ1) is 7.77. The van der Waals surface area contributed by atoms with Gasteiger partial charge in [-0.3, -0.25) is 4.21 Å². The number of hydrogen-bond acceptors (Lipinski definition) is 3. The Morgan fingerprint density at radius 3 is 3.25 bits per heavy atom. The molecular weight excluding hydrogens is 222 g/mol. The molecule has 2 rings (SSSR count). The lowest BCUT2D eigenvalue weighted by Crippen LogP contribution is -2.17. The van der Waals surface area contributed by atoms with Crippen molar-refractivity contribution in [2.24, 2.45) is 0 Å². The van der Waals surface area contributed by atoms with E-state index in [1.54, 1.807) is 6.26 Å². The first kappa shape index (κ1) is 11.8. The molecule has 0 aliphatic carbocycles. The topological polar surface area (TPSA) is 46.9 Å². The molecule has 1 aromatic rings. The summed E-state index contributed by atoms with van der Waals surface area (Å²) in [6.07, 6.45) is 8.99. The fourth-order valence-corrected chi connectivity index (χ4v) is 2.72. The molecule has 0 saturated carbocycles. The van der Waals surface area contributed by atoms with Crippen LogP contribution in [0, 0.1) is 0 Å². The third kappa shape index (κ3) is 2.92. The van der Waals surface area contributed by atoms with Gasteiger partial charge >= 0.3 is 0 Å². The number of rotatable bonds is 5. The van der Waals surface area contributed by atoms with E-state index in [9.17, 15) is 4.21 Å². The lowest BCUT2D eigenvalue weighted by molar-refractivity contribution is 0.558.